The van der Waals surface area contributed by atoms with E-state index in [1.165, 1.54) is 0 Å². The first-order valence-corrected chi connectivity index (χ1v) is 6.17. The van der Waals surface area contributed by atoms with Crippen LogP contribution in [0.2, 0.25) is 0 Å². The zero-order valence-electron chi connectivity index (χ0n) is 9.40. The van der Waals surface area contributed by atoms with E-state index in [1.807, 2.05) is 48.5 Å². The van der Waals surface area contributed by atoms with E-state index in [-0.39, 0.29) is 0 Å². The summed E-state index contributed by atoms with van der Waals surface area (Å²) in [6.45, 7) is 4.35. The Balaban J connectivity index is 2.07. The molecule has 0 unspecified atom stereocenters. The first kappa shape index (κ1) is 11.9. The van der Waals surface area contributed by atoms with Gasteiger partial charge in [0.2, 0.25) is 0 Å². The summed E-state index contributed by atoms with van der Waals surface area (Å²) in [6, 6.07) is 16.0. The van der Waals surface area contributed by atoms with E-state index in [0.717, 1.165) is 21.3 Å². The molecule has 0 aliphatic heterocycles. The number of halogens is 1. The molecule has 0 N–H and O–H groups in total. The first-order chi connectivity index (χ1) is 8.29. The molecule has 0 atom stereocenters. The van der Waals surface area contributed by atoms with E-state index >= 15 is 0 Å². The van der Waals surface area contributed by atoms with Crippen molar-refractivity contribution in [3.8, 4) is 5.75 Å². The van der Waals surface area contributed by atoms with Crippen molar-refractivity contribution in [2.75, 3.05) is 0 Å². The molecular weight excluding hydrogens is 276 g/mol. The van der Waals surface area contributed by atoms with Gasteiger partial charge in [-0.05, 0) is 29.3 Å². The fourth-order valence-electron chi connectivity index (χ4n) is 1.51. The molecule has 0 radical (unpaired) electrons. The highest BCUT2D eigenvalue weighted by atomic mass is 79.9. The summed E-state index contributed by atoms with van der Waals surface area (Å²) in [5, 5.41) is 0. The van der Waals surface area contributed by atoms with Gasteiger partial charge in [-0.1, -0.05) is 58.9 Å². The molecule has 2 aromatic carbocycles. The van der Waals surface area contributed by atoms with Crippen LogP contribution >= 0.6 is 15.9 Å². The topological polar surface area (TPSA) is 9.23 Å². The van der Waals surface area contributed by atoms with Gasteiger partial charge in [-0.3, -0.25) is 0 Å². The van der Waals surface area contributed by atoms with Gasteiger partial charge in [0, 0.05) is 4.47 Å². The van der Waals surface area contributed by atoms with Crippen molar-refractivity contribution in [2.45, 2.75) is 6.61 Å². The van der Waals surface area contributed by atoms with E-state index < -0.39 is 0 Å². The predicted molar refractivity (Wildman–Crippen MR) is 75.0 cm³/mol. The number of rotatable bonds is 4. The Morgan fingerprint density at radius 1 is 1.12 bits per heavy atom. The molecule has 1 nitrogen and oxygen atoms in total. The second-order valence-electron chi connectivity index (χ2n) is 3.66. The summed E-state index contributed by atoms with van der Waals surface area (Å²) in [4.78, 5) is 0. The van der Waals surface area contributed by atoms with Crippen LogP contribution in [0.25, 0.3) is 6.08 Å². The highest BCUT2D eigenvalue weighted by Gasteiger charge is 1.99. The zero-order chi connectivity index (χ0) is 12.1. The standard InChI is InChI=1S/C15H13BrO/c1-2-13-10-14(8-9-15(13)16)17-11-12-6-4-3-5-7-12/h2-10H,1,11H2. The third-order valence-corrected chi connectivity index (χ3v) is 3.16. The van der Waals surface area contributed by atoms with Crippen LogP contribution in [0.5, 0.6) is 5.75 Å². The van der Waals surface area contributed by atoms with Crippen molar-refractivity contribution in [3.63, 3.8) is 0 Å². The lowest BCUT2D eigenvalue weighted by Crippen LogP contribution is -1.95. The van der Waals surface area contributed by atoms with E-state index in [0.29, 0.717) is 6.61 Å². The fraction of sp³-hybridized carbons (Fsp3) is 0.0667. The van der Waals surface area contributed by atoms with Crippen molar-refractivity contribution in [3.05, 3.63) is 70.7 Å². The van der Waals surface area contributed by atoms with E-state index in [1.54, 1.807) is 6.08 Å². The van der Waals surface area contributed by atoms with Crippen molar-refractivity contribution < 1.29 is 4.74 Å². The van der Waals surface area contributed by atoms with Gasteiger partial charge >= 0.3 is 0 Å². The second-order valence-corrected chi connectivity index (χ2v) is 4.52. The maximum atomic E-state index is 5.72. The van der Waals surface area contributed by atoms with E-state index in [9.17, 15) is 0 Å². The van der Waals surface area contributed by atoms with Crippen LogP contribution in [0, 0.1) is 0 Å². The predicted octanol–water partition coefficient (Wildman–Crippen LogP) is 4.67. The van der Waals surface area contributed by atoms with Crippen LogP contribution < -0.4 is 4.74 Å². The Morgan fingerprint density at radius 2 is 1.88 bits per heavy atom. The largest absolute Gasteiger partial charge is 0.489 e. The molecule has 0 spiro atoms. The van der Waals surface area contributed by atoms with Gasteiger partial charge in [-0.2, -0.15) is 0 Å². The number of benzene rings is 2. The maximum Gasteiger partial charge on any atom is 0.120 e. The SMILES string of the molecule is C=Cc1cc(OCc2ccccc2)ccc1Br. The normalized spacial score (nSPS) is 9.94. The number of ether oxygens (including phenoxy) is 1. The third kappa shape index (κ3) is 3.21. The van der Waals surface area contributed by atoms with Crippen molar-refractivity contribution in [1.82, 2.24) is 0 Å². The van der Waals surface area contributed by atoms with Gasteiger partial charge in [0.1, 0.15) is 12.4 Å². The van der Waals surface area contributed by atoms with E-state index in [2.05, 4.69) is 22.5 Å². The van der Waals surface area contributed by atoms with Crippen LogP contribution in [0.4, 0.5) is 0 Å². The Bertz CT molecular complexity index is 506. The minimum Gasteiger partial charge on any atom is -0.489 e. The third-order valence-electron chi connectivity index (χ3n) is 2.44. The highest BCUT2D eigenvalue weighted by molar-refractivity contribution is 9.10. The van der Waals surface area contributed by atoms with Crippen molar-refractivity contribution in [1.29, 1.82) is 0 Å². The molecular formula is C15H13BrO. The molecule has 0 bridgehead atoms. The summed E-state index contributed by atoms with van der Waals surface area (Å²) < 4.78 is 6.75. The molecule has 2 rings (SSSR count). The summed E-state index contributed by atoms with van der Waals surface area (Å²) in [7, 11) is 0. The van der Waals surface area contributed by atoms with Gasteiger partial charge in [-0.25, -0.2) is 0 Å². The fourth-order valence-corrected chi connectivity index (χ4v) is 1.92. The molecule has 2 heteroatoms. The molecule has 0 amide bonds. The van der Waals surface area contributed by atoms with Crippen LogP contribution in [0.1, 0.15) is 11.1 Å². The Hall–Kier alpha value is -1.54. The van der Waals surface area contributed by atoms with Crippen LogP contribution in [0.15, 0.2) is 59.6 Å². The van der Waals surface area contributed by atoms with Gasteiger partial charge in [-0.15, -0.1) is 0 Å². The lowest BCUT2D eigenvalue weighted by atomic mass is 10.2. The van der Waals surface area contributed by atoms with Gasteiger partial charge in [0.25, 0.3) is 0 Å². The summed E-state index contributed by atoms with van der Waals surface area (Å²) in [6.07, 6.45) is 1.81. The first-order valence-electron chi connectivity index (χ1n) is 5.38. The Labute approximate surface area is 110 Å². The average molecular weight is 289 g/mol. The monoisotopic (exact) mass is 288 g/mol. The molecule has 2 aromatic rings. The van der Waals surface area contributed by atoms with Crippen LogP contribution in [-0.4, -0.2) is 0 Å². The molecule has 0 saturated carbocycles. The maximum absolute atomic E-state index is 5.72. The molecule has 0 fully saturated rings. The average Bonchev–Trinajstić information content (AvgIpc) is 2.39. The summed E-state index contributed by atoms with van der Waals surface area (Å²) >= 11 is 3.46. The van der Waals surface area contributed by atoms with Gasteiger partial charge in [0.05, 0.1) is 0 Å². The molecule has 0 aliphatic rings. The molecule has 86 valence electrons. The summed E-state index contributed by atoms with van der Waals surface area (Å²) in [5.74, 6) is 0.854. The lowest BCUT2D eigenvalue weighted by Gasteiger charge is -2.08. The highest BCUT2D eigenvalue weighted by Crippen LogP contribution is 2.23. The molecule has 0 aliphatic carbocycles. The number of hydrogen-bond acceptors (Lipinski definition) is 1. The number of hydrogen-bond donors (Lipinski definition) is 0. The van der Waals surface area contributed by atoms with Crippen LogP contribution in [0.3, 0.4) is 0 Å². The molecule has 17 heavy (non-hydrogen) atoms. The molecule has 0 aromatic heterocycles. The summed E-state index contributed by atoms with van der Waals surface area (Å²) in [5.41, 5.74) is 2.20. The Kier molecular flexibility index (Phi) is 3.99. The van der Waals surface area contributed by atoms with Gasteiger partial charge in [0.15, 0.2) is 0 Å². The Morgan fingerprint density at radius 3 is 2.59 bits per heavy atom. The lowest BCUT2D eigenvalue weighted by molar-refractivity contribution is 0.306. The van der Waals surface area contributed by atoms with Crippen molar-refractivity contribution in [2.24, 2.45) is 0 Å². The zero-order valence-corrected chi connectivity index (χ0v) is 11.0. The minimum absolute atomic E-state index is 0.582. The minimum atomic E-state index is 0.582. The van der Waals surface area contributed by atoms with Gasteiger partial charge < -0.3 is 4.74 Å². The second kappa shape index (κ2) is 5.69. The van der Waals surface area contributed by atoms with Crippen LogP contribution in [-0.2, 0) is 6.61 Å². The smallest absolute Gasteiger partial charge is 0.120 e. The molecule has 0 saturated heterocycles. The quantitative estimate of drug-likeness (QED) is 0.794. The molecule has 0 heterocycles. The van der Waals surface area contributed by atoms with E-state index in [4.69, 9.17) is 4.74 Å². The van der Waals surface area contributed by atoms with Crippen molar-refractivity contribution >= 4 is 22.0 Å².